The Hall–Kier alpha value is -6.58. The van der Waals surface area contributed by atoms with Gasteiger partial charge < -0.3 is 4.57 Å². The van der Waals surface area contributed by atoms with Gasteiger partial charge in [0.2, 0.25) is 0 Å². The topological polar surface area (TPSA) is 30.7 Å². The van der Waals surface area contributed by atoms with Crippen LogP contribution in [-0.2, 0) is 0 Å². The van der Waals surface area contributed by atoms with Crippen molar-refractivity contribution >= 4 is 21.8 Å². The molecular weight excluding hydrogens is 595 g/mol. The van der Waals surface area contributed by atoms with Crippen molar-refractivity contribution < 1.29 is 0 Å². The van der Waals surface area contributed by atoms with Crippen molar-refractivity contribution in [2.75, 3.05) is 0 Å². The van der Waals surface area contributed by atoms with Crippen molar-refractivity contribution in [2.45, 2.75) is 0 Å². The van der Waals surface area contributed by atoms with E-state index in [1.165, 1.54) is 49.7 Å². The Balaban J connectivity index is 1.07. The molecule has 0 atom stereocenters. The molecular formula is C46H31N3. The molecule has 6 aromatic carbocycles. The molecule has 3 aromatic heterocycles. The molecule has 0 unspecified atom stereocenters. The van der Waals surface area contributed by atoms with Gasteiger partial charge in [-0.15, -0.1) is 0 Å². The van der Waals surface area contributed by atoms with Crippen LogP contribution in [0.4, 0.5) is 0 Å². The second-order valence-corrected chi connectivity index (χ2v) is 12.3. The molecule has 0 amide bonds. The van der Waals surface area contributed by atoms with E-state index in [1.54, 1.807) is 0 Å². The van der Waals surface area contributed by atoms with E-state index < -0.39 is 0 Å². The second kappa shape index (κ2) is 12.2. The highest BCUT2D eigenvalue weighted by molar-refractivity contribution is 6.10. The van der Waals surface area contributed by atoms with Gasteiger partial charge in [0.1, 0.15) is 0 Å². The molecule has 230 valence electrons. The molecule has 0 aliphatic heterocycles. The van der Waals surface area contributed by atoms with Gasteiger partial charge in [0.25, 0.3) is 0 Å². The maximum absolute atomic E-state index is 4.99. The number of hydrogen-bond acceptors (Lipinski definition) is 2. The first-order valence-corrected chi connectivity index (χ1v) is 16.6. The van der Waals surface area contributed by atoms with Gasteiger partial charge in [-0.25, -0.2) is 4.98 Å². The lowest BCUT2D eigenvalue weighted by Gasteiger charge is -2.11. The van der Waals surface area contributed by atoms with E-state index in [1.807, 2.05) is 42.6 Å². The van der Waals surface area contributed by atoms with Crippen molar-refractivity contribution in [3.63, 3.8) is 0 Å². The van der Waals surface area contributed by atoms with E-state index in [0.717, 1.165) is 33.8 Å². The summed E-state index contributed by atoms with van der Waals surface area (Å²) in [6.07, 6.45) is 1.82. The highest BCUT2D eigenvalue weighted by atomic mass is 15.0. The normalized spacial score (nSPS) is 11.3. The van der Waals surface area contributed by atoms with Gasteiger partial charge in [-0.3, -0.25) is 4.98 Å². The van der Waals surface area contributed by atoms with E-state index in [9.17, 15) is 0 Å². The molecule has 9 rings (SSSR count). The van der Waals surface area contributed by atoms with Gasteiger partial charge in [-0.2, -0.15) is 0 Å². The molecule has 3 nitrogen and oxygen atoms in total. The SMILES string of the molecule is c1ccc(-c2cc(-c3ccc(-c4cccc(-c5ccc6c(c5)c5ccccc5n6-c5ccccc5)c4)cc3)cc(-c3ccccn3)n2)cc1. The summed E-state index contributed by atoms with van der Waals surface area (Å²) < 4.78 is 2.36. The van der Waals surface area contributed by atoms with Crippen LogP contribution in [-0.4, -0.2) is 14.5 Å². The average Bonchev–Trinajstić information content (AvgIpc) is 3.52. The molecule has 9 aromatic rings. The Kier molecular flexibility index (Phi) is 7.14. The summed E-state index contributed by atoms with van der Waals surface area (Å²) in [4.78, 5) is 9.58. The minimum atomic E-state index is 0.859. The minimum Gasteiger partial charge on any atom is -0.309 e. The van der Waals surface area contributed by atoms with Crippen LogP contribution in [0, 0.1) is 0 Å². The fourth-order valence-electron chi connectivity index (χ4n) is 6.84. The zero-order chi connectivity index (χ0) is 32.6. The summed E-state index contributed by atoms with van der Waals surface area (Å²) in [5.41, 5.74) is 14.3. The van der Waals surface area contributed by atoms with Crippen LogP contribution in [0.2, 0.25) is 0 Å². The molecule has 0 radical (unpaired) electrons. The average molecular weight is 626 g/mol. The minimum absolute atomic E-state index is 0.859. The Bertz CT molecular complexity index is 2510. The number of rotatable bonds is 6. The lowest BCUT2D eigenvalue weighted by atomic mass is 9.96. The highest BCUT2D eigenvalue weighted by Gasteiger charge is 2.14. The highest BCUT2D eigenvalue weighted by Crippen LogP contribution is 2.36. The third-order valence-corrected chi connectivity index (χ3v) is 9.26. The Labute approximate surface area is 285 Å². The zero-order valence-corrected chi connectivity index (χ0v) is 26.7. The van der Waals surface area contributed by atoms with E-state index in [-0.39, 0.29) is 0 Å². The largest absolute Gasteiger partial charge is 0.309 e. The first kappa shape index (κ1) is 28.6. The molecule has 3 heteroatoms. The summed E-state index contributed by atoms with van der Waals surface area (Å²) in [5.74, 6) is 0. The Morgan fingerprint density at radius 1 is 0.327 bits per heavy atom. The van der Waals surface area contributed by atoms with Gasteiger partial charge in [0.15, 0.2) is 0 Å². The maximum Gasteiger partial charge on any atom is 0.0899 e. The van der Waals surface area contributed by atoms with Crippen LogP contribution in [0.5, 0.6) is 0 Å². The number of pyridine rings is 2. The molecule has 0 fully saturated rings. The Morgan fingerprint density at radius 3 is 1.69 bits per heavy atom. The molecule has 49 heavy (non-hydrogen) atoms. The van der Waals surface area contributed by atoms with Crippen LogP contribution >= 0.6 is 0 Å². The fourth-order valence-corrected chi connectivity index (χ4v) is 6.84. The van der Waals surface area contributed by atoms with E-state index >= 15 is 0 Å². The predicted octanol–water partition coefficient (Wildman–Crippen LogP) is 11.9. The zero-order valence-electron chi connectivity index (χ0n) is 26.7. The number of nitrogens with zero attached hydrogens (tertiary/aromatic N) is 3. The summed E-state index contributed by atoms with van der Waals surface area (Å²) in [7, 11) is 0. The van der Waals surface area contributed by atoms with Gasteiger partial charge >= 0.3 is 0 Å². The molecule has 3 heterocycles. The van der Waals surface area contributed by atoms with Crippen LogP contribution in [0.1, 0.15) is 0 Å². The summed E-state index contributed by atoms with van der Waals surface area (Å²) in [6, 6.07) is 64.4. The number of fused-ring (bicyclic) bond motifs is 3. The molecule has 0 aliphatic rings. The van der Waals surface area contributed by atoms with E-state index in [4.69, 9.17) is 4.98 Å². The standard InChI is InChI=1S/C46H31N3/c1-3-12-34(13-4-1)43-30-38(31-44(48-43)42-19-9-10-27-47-42)33-23-21-32(22-24-33)35-14-11-15-36(28-35)37-25-26-46-41(29-37)40-18-7-8-20-45(40)49(46)39-16-5-2-6-17-39/h1-31H. The first-order chi connectivity index (χ1) is 24.3. The van der Waals surface area contributed by atoms with Crippen molar-refractivity contribution in [3.8, 4) is 61.7 Å². The summed E-state index contributed by atoms with van der Waals surface area (Å²) in [6.45, 7) is 0. The summed E-state index contributed by atoms with van der Waals surface area (Å²) in [5, 5.41) is 2.51. The van der Waals surface area contributed by atoms with Crippen LogP contribution in [0.25, 0.3) is 83.5 Å². The molecule has 0 saturated heterocycles. The van der Waals surface area contributed by atoms with Crippen LogP contribution < -0.4 is 0 Å². The van der Waals surface area contributed by atoms with Gasteiger partial charge in [0, 0.05) is 28.2 Å². The third-order valence-electron chi connectivity index (χ3n) is 9.26. The quantitative estimate of drug-likeness (QED) is 0.184. The number of benzene rings is 6. The van der Waals surface area contributed by atoms with Crippen LogP contribution in [0.3, 0.4) is 0 Å². The molecule has 0 spiro atoms. The van der Waals surface area contributed by atoms with Gasteiger partial charge in [-0.1, -0.05) is 121 Å². The van der Waals surface area contributed by atoms with Gasteiger partial charge in [0.05, 0.1) is 28.1 Å². The lowest BCUT2D eigenvalue weighted by Crippen LogP contribution is -1.93. The number of para-hydroxylation sites is 2. The molecule has 0 aliphatic carbocycles. The van der Waals surface area contributed by atoms with Crippen molar-refractivity contribution in [1.29, 1.82) is 0 Å². The Morgan fingerprint density at radius 2 is 0.918 bits per heavy atom. The molecule has 0 bridgehead atoms. The van der Waals surface area contributed by atoms with E-state index in [0.29, 0.717) is 0 Å². The van der Waals surface area contributed by atoms with Gasteiger partial charge in [-0.05, 0) is 94.0 Å². The van der Waals surface area contributed by atoms with Crippen molar-refractivity contribution in [2.24, 2.45) is 0 Å². The third kappa shape index (κ3) is 5.38. The summed E-state index contributed by atoms with van der Waals surface area (Å²) >= 11 is 0. The van der Waals surface area contributed by atoms with Crippen molar-refractivity contribution in [3.05, 3.63) is 188 Å². The number of hydrogen-bond donors (Lipinski definition) is 0. The monoisotopic (exact) mass is 625 g/mol. The molecule has 0 saturated carbocycles. The second-order valence-electron chi connectivity index (χ2n) is 12.3. The first-order valence-electron chi connectivity index (χ1n) is 16.6. The number of aromatic nitrogens is 3. The predicted molar refractivity (Wildman–Crippen MR) is 204 cm³/mol. The lowest BCUT2D eigenvalue weighted by molar-refractivity contribution is 1.18. The molecule has 0 N–H and O–H groups in total. The maximum atomic E-state index is 4.99. The smallest absolute Gasteiger partial charge is 0.0899 e. The van der Waals surface area contributed by atoms with Crippen molar-refractivity contribution in [1.82, 2.24) is 14.5 Å². The van der Waals surface area contributed by atoms with E-state index in [2.05, 4.69) is 155 Å². The van der Waals surface area contributed by atoms with Crippen LogP contribution in [0.15, 0.2) is 188 Å². The fraction of sp³-hybridized carbons (Fsp3) is 0.